The summed E-state index contributed by atoms with van der Waals surface area (Å²) < 4.78 is 5.15. The van der Waals surface area contributed by atoms with Crippen molar-refractivity contribution >= 4 is 0 Å². The molecule has 3 nitrogen and oxygen atoms in total. The lowest BCUT2D eigenvalue weighted by Crippen LogP contribution is -2.38. The summed E-state index contributed by atoms with van der Waals surface area (Å²) >= 11 is 0. The average molecular weight is 201 g/mol. The fraction of sp³-hybridized carbons (Fsp3) is 1.00. The molecule has 0 spiro atoms. The minimum atomic E-state index is -0.350. The predicted octanol–water partition coefficient (Wildman–Crippen LogP) is 1.31. The number of ether oxygens (including phenoxy) is 1. The van der Waals surface area contributed by atoms with E-state index < -0.39 is 0 Å². The Hall–Kier alpha value is -0.120. The number of hydrogen-bond donors (Lipinski definition) is 2. The van der Waals surface area contributed by atoms with Crippen LogP contribution < -0.4 is 5.32 Å². The molecular formula is C11H23NO2. The van der Waals surface area contributed by atoms with Gasteiger partial charge in [-0.25, -0.2) is 0 Å². The maximum absolute atomic E-state index is 9.52. The summed E-state index contributed by atoms with van der Waals surface area (Å²) in [4.78, 5) is 0. The molecule has 3 heteroatoms. The maximum Gasteiger partial charge on any atom is 0.0897 e. The van der Waals surface area contributed by atoms with Gasteiger partial charge in [-0.15, -0.1) is 0 Å². The maximum atomic E-state index is 9.52. The monoisotopic (exact) mass is 201 g/mol. The Balaban J connectivity index is 2.00. The van der Waals surface area contributed by atoms with Crippen molar-refractivity contribution in [3.63, 3.8) is 0 Å². The van der Waals surface area contributed by atoms with Gasteiger partial charge in [-0.05, 0) is 19.8 Å². The lowest BCUT2D eigenvalue weighted by molar-refractivity contribution is 0.0407. The van der Waals surface area contributed by atoms with Crippen molar-refractivity contribution in [1.29, 1.82) is 0 Å². The number of nitrogens with one attached hydrogen (secondary N) is 1. The lowest BCUT2D eigenvalue weighted by Gasteiger charge is -2.24. The number of aliphatic hydroxyl groups excluding tert-OH is 1. The summed E-state index contributed by atoms with van der Waals surface area (Å²) in [5.74, 6) is 0. The molecule has 0 amide bonds. The summed E-state index contributed by atoms with van der Waals surface area (Å²) in [5.41, 5.74) is 0. The Morgan fingerprint density at radius 2 is 2.07 bits per heavy atom. The molecule has 1 saturated carbocycles. The molecular weight excluding hydrogens is 178 g/mol. The summed E-state index contributed by atoms with van der Waals surface area (Å²) in [6.07, 6.45) is 6.22. The van der Waals surface area contributed by atoms with Crippen LogP contribution in [-0.2, 0) is 4.74 Å². The van der Waals surface area contributed by atoms with E-state index in [9.17, 15) is 5.11 Å². The van der Waals surface area contributed by atoms with E-state index in [-0.39, 0.29) is 6.10 Å². The number of aliphatic hydroxyl groups is 1. The molecule has 0 aromatic carbocycles. The molecule has 1 unspecified atom stereocenters. The Morgan fingerprint density at radius 1 is 1.36 bits per heavy atom. The van der Waals surface area contributed by atoms with Gasteiger partial charge in [0.15, 0.2) is 0 Å². The smallest absolute Gasteiger partial charge is 0.0897 e. The highest BCUT2D eigenvalue weighted by atomic mass is 16.5. The molecule has 1 aliphatic carbocycles. The topological polar surface area (TPSA) is 41.5 Å². The van der Waals surface area contributed by atoms with E-state index in [1.165, 1.54) is 32.1 Å². The molecule has 14 heavy (non-hydrogen) atoms. The van der Waals surface area contributed by atoms with Crippen molar-refractivity contribution in [2.24, 2.45) is 0 Å². The molecule has 0 radical (unpaired) electrons. The summed E-state index contributed by atoms with van der Waals surface area (Å²) in [5, 5.41) is 12.9. The third-order valence-electron chi connectivity index (χ3n) is 2.76. The van der Waals surface area contributed by atoms with E-state index in [1.54, 1.807) is 0 Å². The van der Waals surface area contributed by atoms with Crippen molar-refractivity contribution in [3.8, 4) is 0 Å². The third-order valence-corrected chi connectivity index (χ3v) is 2.76. The van der Waals surface area contributed by atoms with Crippen molar-refractivity contribution in [2.75, 3.05) is 19.8 Å². The van der Waals surface area contributed by atoms with Crippen LogP contribution in [0.15, 0.2) is 0 Å². The number of hydrogen-bond acceptors (Lipinski definition) is 3. The van der Waals surface area contributed by atoms with Crippen LogP contribution in [0.4, 0.5) is 0 Å². The first-order chi connectivity index (χ1) is 6.83. The SMILES string of the molecule is CCOCC(O)CNC1CCCCC1. The molecule has 1 aliphatic rings. The van der Waals surface area contributed by atoms with Crippen LogP contribution in [0.5, 0.6) is 0 Å². The van der Waals surface area contributed by atoms with Gasteiger partial charge < -0.3 is 15.2 Å². The molecule has 0 aromatic heterocycles. The van der Waals surface area contributed by atoms with Gasteiger partial charge in [-0.2, -0.15) is 0 Å². The predicted molar refractivity (Wildman–Crippen MR) is 57.4 cm³/mol. The molecule has 2 N–H and O–H groups in total. The Labute approximate surface area is 86.8 Å². The molecule has 1 atom stereocenters. The molecule has 0 heterocycles. The van der Waals surface area contributed by atoms with E-state index >= 15 is 0 Å². The van der Waals surface area contributed by atoms with Crippen LogP contribution in [0.2, 0.25) is 0 Å². The Bertz CT molecular complexity index is 135. The quantitative estimate of drug-likeness (QED) is 0.681. The van der Waals surface area contributed by atoms with Gasteiger partial charge >= 0.3 is 0 Å². The highest BCUT2D eigenvalue weighted by molar-refractivity contribution is 4.73. The van der Waals surface area contributed by atoms with Crippen LogP contribution in [0.25, 0.3) is 0 Å². The minimum absolute atomic E-state index is 0.350. The van der Waals surface area contributed by atoms with Crippen LogP contribution in [0.1, 0.15) is 39.0 Å². The number of rotatable bonds is 6. The van der Waals surface area contributed by atoms with E-state index in [0.717, 1.165) is 0 Å². The van der Waals surface area contributed by atoms with E-state index in [1.807, 2.05) is 6.92 Å². The van der Waals surface area contributed by atoms with Crippen LogP contribution in [-0.4, -0.2) is 37.0 Å². The second-order valence-corrected chi connectivity index (χ2v) is 4.06. The first-order valence-corrected chi connectivity index (χ1v) is 5.82. The van der Waals surface area contributed by atoms with Gasteiger partial charge in [0.2, 0.25) is 0 Å². The van der Waals surface area contributed by atoms with Crippen molar-refractivity contribution in [2.45, 2.75) is 51.2 Å². The second kappa shape index (κ2) is 7.21. The molecule has 0 saturated heterocycles. The van der Waals surface area contributed by atoms with Crippen LogP contribution in [0.3, 0.4) is 0 Å². The molecule has 0 bridgehead atoms. The largest absolute Gasteiger partial charge is 0.389 e. The van der Waals surface area contributed by atoms with E-state index in [2.05, 4.69) is 5.32 Å². The van der Waals surface area contributed by atoms with Crippen molar-refractivity contribution in [3.05, 3.63) is 0 Å². The zero-order valence-electron chi connectivity index (χ0n) is 9.17. The molecule has 1 rings (SSSR count). The van der Waals surface area contributed by atoms with Crippen molar-refractivity contribution < 1.29 is 9.84 Å². The van der Waals surface area contributed by atoms with Gasteiger partial charge in [0.25, 0.3) is 0 Å². The highest BCUT2D eigenvalue weighted by Gasteiger charge is 2.13. The van der Waals surface area contributed by atoms with Gasteiger partial charge in [0.1, 0.15) is 0 Å². The van der Waals surface area contributed by atoms with Gasteiger partial charge in [0, 0.05) is 19.2 Å². The van der Waals surface area contributed by atoms with E-state index in [4.69, 9.17) is 4.74 Å². The van der Waals surface area contributed by atoms with Crippen LogP contribution in [0, 0.1) is 0 Å². The molecule has 84 valence electrons. The van der Waals surface area contributed by atoms with Gasteiger partial charge in [-0.1, -0.05) is 19.3 Å². The summed E-state index contributed by atoms with van der Waals surface area (Å²) in [6.45, 7) is 3.75. The fourth-order valence-electron chi connectivity index (χ4n) is 1.92. The molecule has 1 fully saturated rings. The standard InChI is InChI=1S/C11H23NO2/c1-2-14-9-11(13)8-12-10-6-4-3-5-7-10/h10-13H,2-9H2,1H3. The molecule has 0 aromatic rings. The van der Waals surface area contributed by atoms with E-state index in [0.29, 0.717) is 25.8 Å². The van der Waals surface area contributed by atoms with Crippen LogP contribution >= 0.6 is 0 Å². The van der Waals surface area contributed by atoms with Gasteiger partial charge in [0.05, 0.1) is 12.7 Å². The molecule has 0 aliphatic heterocycles. The minimum Gasteiger partial charge on any atom is -0.389 e. The summed E-state index contributed by atoms with van der Waals surface area (Å²) in [6, 6.07) is 0.625. The Kier molecular flexibility index (Phi) is 6.15. The second-order valence-electron chi connectivity index (χ2n) is 4.06. The lowest BCUT2D eigenvalue weighted by atomic mass is 9.95. The average Bonchev–Trinajstić information content (AvgIpc) is 2.25. The third kappa shape index (κ3) is 4.94. The fourth-order valence-corrected chi connectivity index (χ4v) is 1.92. The first-order valence-electron chi connectivity index (χ1n) is 5.82. The first kappa shape index (κ1) is 12.0. The zero-order valence-corrected chi connectivity index (χ0v) is 9.17. The Morgan fingerprint density at radius 3 is 2.71 bits per heavy atom. The normalized spacial score (nSPS) is 21.0. The summed E-state index contributed by atoms with van der Waals surface area (Å²) in [7, 11) is 0. The van der Waals surface area contributed by atoms with Gasteiger partial charge in [-0.3, -0.25) is 0 Å². The highest BCUT2D eigenvalue weighted by Crippen LogP contribution is 2.17. The van der Waals surface area contributed by atoms with Crippen molar-refractivity contribution in [1.82, 2.24) is 5.32 Å². The zero-order chi connectivity index (χ0) is 10.2.